The van der Waals surface area contributed by atoms with Gasteiger partial charge in [-0.25, -0.2) is 0 Å². The lowest BCUT2D eigenvalue weighted by molar-refractivity contribution is -0.0260. The fourth-order valence-corrected chi connectivity index (χ4v) is 1.68. The van der Waals surface area contributed by atoms with E-state index in [0.29, 0.717) is 13.2 Å². The van der Waals surface area contributed by atoms with Crippen LogP contribution in [-0.4, -0.2) is 38.1 Å². The van der Waals surface area contributed by atoms with E-state index in [9.17, 15) is 0 Å². The van der Waals surface area contributed by atoms with Gasteiger partial charge in [0.15, 0.2) is 0 Å². The largest absolute Gasteiger partial charge is 0.379 e. The van der Waals surface area contributed by atoms with E-state index in [1.165, 1.54) is 0 Å². The van der Waals surface area contributed by atoms with Crippen molar-refractivity contribution in [2.24, 2.45) is 0 Å². The molecule has 0 saturated carbocycles. The predicted octanol–water partition coefficient (Wildman–Crippen LogP) is 2.00. The van der Waals surface area contributed by atoms with Gasteiger partial charge in [-0.3, -0.25) is 0 Å². The van der Waals surface area contributed by atoms with E-state index >= 15 is 0 Å². The SMILES string of the molecule is CCCOCC1CC(C)OC(C)CO1. The van der Waals surface area contributed by atoms with Crippen LogP contribution in [0.15, 0.2) is 0 Å². The van der Waals surface area contributed by atoms with E-state index in [1.54, 1.807) is 0 Å². The molecule has 14 heavy (non-hydrogen) atoms. The second kappa shape index (κ2) is 6.38. The van der Waals surface area contributed by atoms with Gasteiger partial charge in [0.2, 0.25) is 0 Å². The van der Waals surface area contributed by atoms with Gasteiger partial charge in [-0.2, -0.15) is 0 Å². The summed E-state index contributed by atoms with van der Waals surface area (Å²) in [5, 5.41) is 0. The lowest BCUT2D eigenvalue weighted by atomic mass is 10.2. The number of ether oxygens (including phenoxy) is 3. The summed E-state index contributed by atoms with van der Waals surface area (Å²) >= 11 is 0. The maximum Gasteiger partial charge on any atom is 0.0834 e. The van der Waals surface area contributed by atoms with E-state index in [4.69, 9.17) is 14.2 Å². The highest BCUT2D eigenvalue weighted by Crippen LogP contribution is 2.14. The van der Waals surface area contributed by atoms with Crippen LogP contribution in [0.4, 0.5) is 0 Å². The normalized spacial score (nSPS) is 34.1. The number of rotatable bonds is 4. The fraction of sp³-hybridized carbons (Fsp3) is 1.00. The third-order valence-corrected chi connectivity index (χ3v) is 2.28. The Kier molecular flexibility index (Phi) is 5.45. The van der Waals surface area contributed by atoms with Crippen molar-refractivity contribution in [3.05, 3.63) is 0 Å². The monoisotopic (exact) mass is 202 g/mol. The molecule has 3 nitrogen and oxygen atoms in total. The van der Waals surface area contributed by atoms with Crippen LogP contribution in [0, 0.1) is 0 Å². The van der Waals surface area contributed by atoms with Gasteiger partial charge >= 0.3 is 0 Å². The summed E-state index contributed by atoms with van der Waals surface area (Å²) in [6.45, 7) is 8.47. The van der Waals surface area contributed by atoms with E-state index < -0.39 is 0 Å². The standard InChI is InChI=1S/C11H22O3/c1-4-5-12-8-11-6-9(2)14-10(3)7-13-11/h9-11H,4-8H2,1-3H3. The third-order valence-electron chi connectivity index (χ3n) is 2.28. The Labute approximate surface area is 86.7 Å². The van der Waals surface area contributed by atoms with Crippen molar-refractivity contribution < 1.29 is 14.2 Å². The first-order valence-electron chi connectivity index (χ1n) is 5.57. The van der Waals surface area contributed by atoms with Gasteiger partial charge in [-0.15, -0.1) is 0 Å². The Morgan fingerprint density at radius 3 is 2.79 bits per heavy atom. The molecule has 3 unspecified atom stereocenters. The van der Waals surface area contributed by atoms with E-state index in [1.807, 2.05) is 6.92 Å². The zero-order valence-corrected chi connectivity index (χ0v) is 9.49. The number of hydrogen-bond donors (Lipinski definition) is 0. The second-order valence-electron chi connectivity index (χ2n) is 4.02. The van der Waals surface area contributed by atoms with Gasteiger partial charge in [-0.1, -0.05) is 6.92 Å². The maximum atomic E-state index is 5.68. The van der Waals surface area contributed by atoms with Gasteiger partial charge in [0, 0.05) is 13.0 Å². The van der Waals surface area contributed by atoms with Gasteiger partial charge in [0.25, 0.3) is 0 Å². The van der Waals surface area contributed by atoms with Gasteiger partial charge < -0.3 is 14.2 Å². The maximum absolute atomic E-state index is 5.68. The molecule has 1 aliphatic heterocycles. The van der Waals surface area contributed by atoms with Crippen LogP contribution >= 0.6 is 0 Å². The molecule has 1 heterocycles. The topological polar surface area (TPSA) is 27.7 Å². The molecule has 1 fully saturated rings. The second-order valence-corrected chi connectivity index (χ2v) is 4.02. The molecule has 0 radical (unpaired) electrons. The van der Waals surface area contributed by atoms with Crippen molar-refractivity contribution in [2.45, 2.75) is 51.9 Å². The van der Waals surface area contributed by atoms with Crippen LogP contribution in [0.25, 0.3) is 0 Å². The quantitative estimate of drug-likeness (QED) is 0.653. The third kappa shape index (κ3) is 4.40. The molecule has 84 valence electrons. The molecule has 0 amide bonds. The molecule has 0 aromatic carbocycles. The Morgan fingerprint density at radius 1 is 1.29 bits per heavy atom. The van der Waals surface area contributed by atoms with E-state index in [0.717, 1.165) is 19.4 Å². The minimum Gasteiger partial charge on any atom is -0.379 e. The first kappa shape index (κ1) is 12.0. The zero-order chi connectivity index (χ0) is 10.4. The predicted molar refractivity (Wildman–Crippen MR) is 55.5 cm³/mol. The molecule has 0 aromatic rings. The van der Waals surface area contributed by atoms with Crippen molar-refractivity contribution in [2.75, 3.05) is 19.8 Å². The van der Waals surface area contributed by atoms with Crippen LogP contribution in [0.1, 0.15) is 33.6 Å². The highest BCUT2D eigenvalue weighted by Gasteiger charge is 2.21. The minimum atomic E-state index is 0.209. The summed E-state index contributed by atoms with van der Waals surface area (Å²) in [4.78, 5) is 0. The lowest BCUT2D eigenvalue weighted by Crippen LogP contribution is -2.22. The Bertz CT molecular complexity index is 149. The molecule has 3 heteroatoms. The van der Waals surface area contributed by atoms with Gasteiger partial charge in [0.05, 0.1) is 31.5 Å². The smallest absolute Gasteiger partial charge is 0.0834 e. The van der Waals surface area contributed by atoms with Crippen LogP contribution in [0.2, 0.25) is 0 Å². The lowest BCUT2D eigenvalue weighted by Gasteiger charge is -2.16. The van der Waals surface area contributed by atoms with Crippen molar-refractivity contribution in [3.63, 3.8) is 0 Å². The van der Waals surface area contributed by atoms with Crippen LogP contribution in [0.5, 0.6) is 0 Å². The van der Waals surface area contributed by atoms with Crippen molar-refractivity contribution in [3.8, 4) is 0 Å². The van der Waals surface area contributed by atoms with Crippen LogP contribution in [0.3, 0.4) is 0 Å². The van der Waals surface area contributed by atoms with Crippen molar-refractivity contribution in [1.29, 1.82) is 0 Å². The molecule has 0 aromatic heterocycles. The van der Waals surface area contributed by atoms with Crippen LogP contribution < -0.4 is 0 Å². The first-order valence-corrected chi connectivity index (χ1v) is 5.57. The molecule has 1 rings (SSSR count). The molecule has 0 N–H and O–H groups in total. The summed E-state index contributed by atoms with van der Waals surface area (Å²) in [6, 6.07) is 0. The summed E-state index contributed by atoms with van der Waals surface area (Å²) < 4.78 is 16.8. The summed E-state index contributed by atoms with van der Waals surface area (Å²) in [5.74, 6) is 0. The zero-order valence-electron chi connectivity index (χ0n) is 9.49. The Hall–Kier alpha value is -0.120. The fourth-order valence-electron chi connectivity index (χ4n) is 1.68. The van der Waals surface area contributed by atoms with Crippen molar-refractivity contribution in [1.82, 2.24) is 0 Å². The Morgan fingerprint density at radius 2 is 2.07 bits per heavy atom. The molecular formula is C11H22O3. The Balaban J connectivity index is 2.23. The first-order chi connectivity index (χ1) is 6.72. The molecule has 0 spiro atoms. The number of hydrogen-bond acceptors (Lipinski definition) is 3. The van der Waals surface area contributed by atoms with Gasteiger partial charge in [0.1, 0.15) is 0 Å². The minimum absolute atomic E-state index is 0.209. The van der Waals surface area contributed by atoms with Gasteiger partial charge in [-0.05, 0) is 20.3 Å². The molecule has 0 aliphatic carbocycles. The van der Waals surface area contributed by atoms with E-state index in [-0.39, 0.29) is 18.3 Å². The average molecular weight is 202 g/mol. The van der Waals surface area contributed by atoms with E-state index in [2.05, 4.69) is 13.8 Å². The summed E-state index contributed by atoms with van der Waals surface area (Å²) in [6.07, 6.45) is 2.70. The highest BCUT2D eigenvalue weighted by molar-refractivity contribution is 4.68. The molecular weight excluding hydrogens is 180 g/mol. The summed E-state index contributed by atoms with van der Waals surface area (Å²) in [5.41, 5.74) is 0. The van der Waals surface area contributed by atoms with Crippen molar-refractivity contribution >= 4 is 0 Å². The molecule has 1 saturated heterocycles. The van der Waals surface area contributed by atoms with Crippen LogP contribution in [-0.2, 0) is 14.2 Å². The molecule has 3 atom stereocenters. The average Bonchev–Trinajstić information content (AvgIpc) is 2.28. The highest BCUT2D eigenvalue weighted by atomic mass is 16.6. The molecule has 0 bridgehead atoms. The molecule has 1 aliphatic rings. The summed E-state index contributed by atoms with van der Waals surface area (Å²) in [7, 11) is 0.